The first-order chi connectivity index (χ1) is 11.5. The highest BCUT2D eigenvalue weighted by atomic mass is 35.5. The van der Waals surface area contributed by atoms with E-state index in [4.69, 9.17) is 11.6 Å². The van der Waals surface area contributed by atoms with Gasteiger partial charge in [-0.25, -0.2) is 4.68 Å². The van der Waals surface area contributed by atoms with Crippen LogP contribution in [0.3, 0.4) is 0 Å². The molecular weight excluding hydrogens is 326 g/mol. The van der Waals surface area contributed by atoms with Gasteiger partial charge < -0.3 is 5.32 Å². The molecule has 1 N–H and O–H groups in total. The van der Waals surface area contributed by atoms with Crippen molar-refractivity contribution in [1.82, 2.24) is 9.78 Å². The van der Waals surface area contributed by atoms with Gasteiger partial charge in [0.1, 0.15) is 0 Å². The van der Waals surface area contributed by atoms with Crippen LogP contribution in [0.2, 0.25) is 5.02 Å². The molecule has 1 heterocycles. The average molecular weight is 342 g/mol. The number of nitrogens with one attached hydrogen (secondary N) is 1. The van der Waals surface area contributed by atoms with Crippen molar-refractivity contribution in [2.75, 3.05) is 5.32 Å². The number of fused-ring (bicyclic) bond motifs is 1. The van der Waals surface area contributed by atoms with Crippen molar-refractivity contribution in [3.63, 3.8) is 0 Å². The molecule has 0 radical (unpaired) electrons. The summed E-state index contributed by atoms with van der Waals surface area (Å²) in [5.74, 6) is -0.386. The van der Waals surface area contributed by atoms with Crippen LogP contribution >= 0.6 is 11.6 Å². The summed E-state index contributed by atoms with van der Waals surface area (Å²) in [6, 6.07) is 13.7. The normalized spacial score (nSPS) is 11.0. The van der Waals surface area contributed by atoms with Gasteiger partial charge in [-0.3, -0.25) is 9.59 Å². The first kappa shape index (κ1) is 16.2. The lowest BCUT2D eigenvalue weighted by Crippen LogP contribution is -2.28. The molecule has 0 aliphatic carbocycles. The molecule has 1 amide bonds. The molecule has 122 valence electrons. The van der Waals surface area contributed by atoms with E-state index >= 15 is 0 Å². The third-order valence-electron chi connectivity index (χ3n) is 3.62. The van der Waals surface area contributed by atoms with Gasteiger partial charge in [0.2, 0.25) is 0 Å². The summed E-state index contributed by atoms with van der Waals surface area (Å²) < 4.78 is 1.33. The molecule has 1 aromatic heterocycles. The van der Waals surface area contributed by atoms with Gasteiger partial charge in [0, 0.05) is 16.1 Å². The number of hydrogen-bond donors (Lipinski definition) is 1. The lowest BCUT2D eigenvalue weighted by molar-refractivity contribution is 0.102. The third kappa shape index (κ3) is 3.03. The summed E-state index contributed by atoms with van der Waals surface area (Å²) in [6.07, 6.45) is 0. The minimum Gasteiger partial charge on any atom is -0.321 e. The number of aromatic nitrogens is 2. The fourth-order valence-corrected chi connectivity index (χ4v) is 2.67. The number of rotatable bonds is 3. The first-order valence-electron chi connectivity index (χ1n) is 7.56. The fourth-order valence-electron chi connectivity index (χ4n) is 2.48. The molecule has 6 heteroatoms. The zero-order chi connectivity index (χ0) is 17.3. The highest BCUT2D eigenvalue weighted by molar-refractivity contribution is 6.31. The molecule has 0 aliphatic heterocycles. The van der Waals surface area contributed by atoms with E-state index in [2.05, 4.69) is 10.4 Å². The standard InChI is InChI=1S/C18H16ClN3O2/c1-11(2)22-18(24)15-9-4-3-8-14(15)16(21-22)17(23)20-13-7-5-6-12(19)10-13/h3-11H,1-2H3,(H,20,23). The van der Waals surface area contributed by atoms with Crippen LogP contribution in [0, 0.1) is 0 Å². The second-order valence-electron chi connectivity index (χ2n) is 5.70. The van der Waals surface area contributed by atoms with Crippen molar-refractivity contribution in [3.05, 3.63) is 69.6 Å². The number of carbonyl (C=O) groups excluding carboxylic acids is 1. The molecule has 0 saturated heterocycles. The fraction of sp³-hybridized carbons (Fsp3) is 0.167. The van der Waals surface area contributed by atoms with Crippen molar-refractivity contribution < 1.29 is 4.79 Å². The third-order valence-corrected chi connectivity index (χ3v) is 3.85. The molecular formula is C18H16ClN3O2. The van der Waals surface area contributed by atoms with Crippen LogP contribution in [0.4, 0.5) is 5.69 Å². The zero-order valence-corrected chi connectivity index (χ0v) is 14.0. The summed E-state index contributed by atoms with van der Waals surface area (Å²) in [5, 5.41) is 8.58. The highest BCUT2D eigenvalue weighted by Gasteiger charge is 2.17. The minimum absolute atomic E-state index is 0.153. The zero-order valence-electron chi connectivity index (χ0n) is 13.3. The number of carbonyl (C=O) groups is 1. The maximum Gasteiger partial charge on any atom is 0.276 e. The Balaban J connectivity index is 2.13. The lowest BCUT2D eigenvalue weighted by Gasteiger charge is -2.13. The largest absolute Gasteiger partial charge is 0.321 e. The van der Waals surface area contributed by atoms with E-state index in [0.29, 0.717) is 21.5 Å². The lowest BCUT2D eigenvalue weighted by atomic mass is 10.1. The van der Waals surface area contributed by atoms with Crippen LogP contribution < -0.4 is 10.9 Å². The van der Waals surface area contributed by atoms with Crippen LogP contribution in [-0.2, 0) is 0 Å². The molecule has 2 aromatic carbocycles. The van der Waals surface area contributed by atoms with E-state index in [1.165, 1.54) is 4.68 Å². The van der Waals surface area contributed by atoms with Crippen LogP contribution in [-0.4, -0.2) is 15.7 Å². The molecule has 24 heavy (non-hydrogen) atoms. The number of anilines is 1. The number of benzene rings is 2. The molecule has 5 nitrogen and oxygen atoms in total. The molecule has 3 aromatic rings. The van der Waals surface area contributed by atoms with Crippen molar-refractivity contribution >= 4 is 34.0 Å². The van der Waals surface area contributed by atoms with Crippen LogP contribution in [0.5, 0.6) is 0 Å². The Labute approximate surface area is 143 Å². The predicted molar refractivity (Wildman–Crippen MR) is 95.8 cm³/mol. The monoisotopic (exact) mass is 341 g/mol. The van der Waals surface area contributed by atoms with Gasteiger partial charge in [-0.05, 0) is 38.1 Å². The second-order valence-corrected chi connectivity index (χ2v) is 6.14. The average Bonchev–Trinajstić information content (AvgIpc) is 2.55. The first-order valence-corrected chi connectivity index (χ1v) is 7.93. The van der Waals surface area contributed by atoms with Gasteiger partial charge in [-0.2, -0.15) is 5.10 Å². The molecule has 3 rings (SSSR count). The van der Waals surface area contributed by atoms with Gasteiger partial charge in [-0.1, -0.05) is 35.9 Å². The van der Waals surface area contributed by atoms with E-state index in [1.807, 2.05) is 13.8 Å². The van der Waals surface area contributed by atoms with Crippen LogP contribution in [0.25, 0.3) is 10.8 Å². The van der Waals surface area contributed by atoms with E-state index in [9.17, 15) is 9.59 Å². The molecule has 0 atom stereocenters. The molecule has 0 fully saturated rings. The quantitative estimate of drug-likeness (QED) is 0.786. The Bertz CT molecular complexity index is 979. The topological polar surface area (TPSA) is 64.0 Å². The Hall–Kier alpha value is -2.66. The molecule has 0 spiro atoms. The summed E-state index contributed by atoms with van der Waals surface area (Å²) in [6.45, 7) is 3.70. The van der Waals surface area contributed by atoms with Gasteiger partial charge in [0.05, 0.1) is 11.4 Å². The van der Waals surface area contributed by atoms with Gasteiger partial charge >= 0.3 is 0 Å². The molecule has 0 aliphatic rings. The summed E-state index contributed by atoms with van der Waals surface area (Å²) in [4.78, 5) is 25.2. The molecule has 0 bridgehead atoms. The van der Waals surface area contributed by atoms with E-state index in [0.717, 1.165) is 0 Å². The van der Waals surface area contributed by atoms with Gasteiger partial charge in [0.25, 0.3) is 11.5 Å². The second kappa shape index (κ2) is 6.45. The van der Waals surface area contributed by atoms with E-state index < -0.39 is 0 Å². The van der Waals surface area contributed by atoms with Crippen molar-refractivity contribution in [3.8, 4) is 0 Å². The number of hydrogen-bond acceptors (Lipinski definition) is 3. The SMILES string of the molecule is CC(C)n1nc(C(=O)Nc2cccc(Cl)c2)c2ccccc2c1=O. The van der Waals surface area contributed by atoms with Crippen LogP contribution in [0.1, 0.15) is 30.4 Å². The van der Waals surface area contributed by atoms with E-state index in [1.54, 1.807) is 48.5 Å². The smallest absolute Gasteiger partial charge is 0.276 e. The maximum atomic E-state index is 12.7. The van der Waals surface area contributed by atoms with Crippen molar-refractivity contribution in [2.45, 2.75) is 19.9 Å². The number of amides is 1. The Morgan fingerprint density at radius 2 is 1.83 bits per heavy atom. The highest BCUT2D eigenvalue weighted by Crippen LogP contribution is 2.19. The number of halogens is 1. The van der Waals surface area contributed by atoms with Gasteiger partial charge in [-0.15, -0.1) is 0 Å². The van der Waals surface area contributed by atoms with Crippen molar-refractivity contribution in [1.29, 1.82) is 0 Å². The minimum atomic E-state index is -0.386. The summed E-state index contributed by atoms with van der Waals surface area (Å²) in [5.41, 5.74) is 0.569. The molecule has 0 saturated carbocycles. The van der Waals surface area contributed by atoms with E-state index in [-0.39, 0.29) is 23.2 Å². The molecule has 0 unspecified atom stereocenters. The summed E-state index contributed by atoms with van der Waals surface area (Å²) in [7, 11) is 0. The Kier molecular flexibility index (Phi) is 4.36. The Morgan fingerprint density at radius 1 is 1.12 bits per heavy atom. The predicted octanol–water partition coefficient (Wildman–Crippen LogP) is 3.88. The maximum absolute atomic E-state index is 12.7. The number of nitrogens with zero attached hydrogens (tertiary/aromatic N) is 2. The summed E-state index contributed by atoms with van der Waals surface area (Å²) >= 11 is 5.94. The van der Waals surface area contributed by atoms with Crippen LogP contribution in [0.15, 0.2) is 53.3 Å². The van der Waals surface area contributed by atoms with Gasteiger partial charge in [0.15, 0.2) is 5.69 Å². The van der Waals surface area contributed by atoms with Crippen molar-refractivity contribution in [2.24, 2.45) is 0 Å². The Morgan fingerprint density at radius 3 is 2.50 bits per heavy atom.